The minimum atomic E-state index is -0.212. The first-order valence-corrected chi connectivity index (χ1v) is 12.4. The Balaban J connectivity index is 1.28. The maximum absolute atomic E-state index is 12.7. The van der Waals surface area contributed by atoms with Crippen LogP contribution in [0.15, 0.2) is 35.1 Å². The third-order valence-electron chi connectivity index (χ3n) is 5.80. The van der Waals surface area contributed by atoms with Crippen LogP contribution >= 0.6 is 23.1 Å². The van der Waals surface area contributed by atoms with Crippen molar-refractivity contribution in [2.24, 2.45) is 0 Å². The molecule has 3 aromatic rings. The Kier molecular flexibility index (Phi) is 6.79. The number of carbonyl (C=O) groups excluding carboxylic acids is 1. The monoisotopic (exact) mass is 456 g/mol. The molecule has 2 atom stereocenters. The van der Waals surface area contributed by atoms with Gasteiger partial charge in [0.1, 0.15) is 10.7 Å². The van der Waals surface area contributed by atoms with E-state index in [9.17, 15) is 9.59 Å². The second kappa shape index (κ2) is 9.54. The fraction of sp³-hybridized carbons (Fsp3) is 0.435. The number of nitrogens with zero attached hydrogens (tertiary/aromatic N) is 2. The van der Waals surface area contributed by atoms with E-state index in [1.165, 1.54) is 17.3 Å². The number of benzene rings is 1. The van der Waals surface area contributed by atoms with Gasteiger partial charge in [-0.2, -0.15) is 0 Å². The number of thiophene rings is 1. The number of carbonyl (C=O) groups is 1. The summed E-state index contributed by atoms with van der Waals surface area (Å²) in [4.78, 5) is 36.9. The molecule has 3 heterocycles. The van der Waals surface area contributed by atoms with E-state index in [1.807, 2.05) is 26.8 Å². The lowest BCUT2D eigenvalue weighted by molar-refractivity contribution is -0.120. The van der Waals surface area contributed by atoms with Gasteiger partial charge in [-0.05, 0) is 38.3 Å². The van der Waals surface area contributed by atoms with Gasteiger partial charge in [-0.25, -0.2) is 4.98 Å². The molecule has 8 heteroatoms. The third-order valence-corrected chi connectivity index (χ3v) is 8.05. The highest BCUT2D eigenvalue weighted by Gasteiger charge is 2.25. The number of fused-ring (bicyclic) bond motifs is 1. The van der Waals surface area contributed by atoms with Crippen molar-refractivity contribution >= 4 is 39.2 Å². The van der Waals surface area contributed by atoms with E-state index in [-0.39, 0.29) is 22.8 Å². The summed E-state index contributed by atoms with van der Waals surface area (Å²) in [5.74, 6) is 1.17. The molecule has 31 heavy (non-hydrogen) atoms. The minimum absolute atomic E-state index is 0.0443. The molecule has 0 radical (unpaired) electrons. The molecular weight excluding hydrogens is 428 g/mol. The zero-order valence-corrected chi connectivity index (χ0v) is 19.7. The molecule has 1 aliphatic heterocycles. The van der Waals surface area contributed by atoms with Crippen LogP contribution in [0.5, 0.6) is 0 Å². The summed E-state index contributed by atoms with van der Waals surface area (Å²) in [6.07, 6.45) is 0.971. The topological polar surface area (TPSA) is 78.1 Å². The molecule has 0 bridgehead atoms. The molecule has 2 aromatic heterocycles. The van der Waals surface area contributed by atoms with Crippen LogP contribution in [0.25, 0.3) is 10.2 Å². The van der Waals surface area contributed by atoms with Crippen LogP contribution < -0.4 is 10.9 Å². The van der Waals surface area contributed by atoms with E-state index in [4.69, 9.17) is 0 Å². The summed E-state index contributed by atoms with van der Waals surface area (Å²) in [7, 11) is 0. The lowest BCUT2D eigenvalue weighted by Gasteiger charge is -2.18. The number of aromatic nitrogens is 2. The number of thioether (sulfide) groups is 1. The van der Waals surface area contributed by atoms with Crippen LogP contribution in [0.4, 0.5) is 0 Å². The molecule has 0 spiro atoms. The maximum atomic E-state index is 12.7. The normalized spacial score (nSPS) is 17.8. The summed E-state index contributed by atoms with van der Waals surface area (Å²) >= 11 is 3.04. The average Bonchev–Trinajstić information content (AvgIpc) is 3.30. The SMILES string of the molecule is Cc1sc2nc(CS[C@H](C)C(=O)N[C@H]3CCN(Cc4ccccc4)C3)[nH]c(=O)c2c1C. The molecule has 1 fully saturated rings. The lowest BCUT2D eigenvalue weighted by Crippen LogP contribution is -2.40. The molecule has 4 rings (SSSR count). The number of likely N-dealkylation sites (tertiary alicyclic amines) is 1. The number of H-pyrrole nitrogens is 1. The lowest BCUT2D eigenvalue weighted by atomic mass is 10.2. The number of aromatic amines is 1. The molecule has 0 saturated carbocycles. The van der Waals surface area contributed by atoms with Crippen molar-refractivity contribution in [2.45, 2.75) is 50.8 Å². The standard InChI is InChI=1S/C23H28N4O2S2/c1-14-15(2)31-23-20(14)22(29)25-19(26-23)13-30-16(3)21(28)24-18-9-10-27(12-18)11-17-7-5-4-6-8-17/h4-8,16,18H,9-13H2,1-3H3,(H,24,28)(H,25,26,29)/t16-,18+/m1/s1. The minimum Gasteiger partial charge on any atom is -0.351 e. The number of rotatable bonds is 7. The molecule has 2 N–H and O–H groups in total. The fourth-order valence-corrected chi connectivity index (χ4v) is 5.71. The Bertz CT molecular complexity index is 1130. The maximum Gasteiger partial charge on any atom is 0.259 e. The predicted octanol–water partition coefficient (Wildman–Crippen LogP) is 3.61. The highest BCUT2D eigenvalue weighted by Crippen LogP contribution is 2.26. The second-order valence-corrected chi connectivity index (χ2v) is 10.7. The van der Waals surface area contributed by atoms with Crippen molar-refractivity contribution in [3.63, 3.8) is 0 Å². The van der Waals surface area contributed by atoms with Crippen molar-refractivity contribution in [2.75, 3.05) is 13.1 Å². The smallest absolute Gasteiger partial charge is 0.259 e. The molecule has 0 unspecified atom stereocenters. The number of nitrogens with one attached hydrogen (secondary N) is 2. The number of hydrogen-bond acceptors (Lipinski definition) is 6. The summed E-state index contributed by atoms with van der Waals surface area (Å²) < 4.78 is 0. The van der Waals surface area contributed by atoms with E-state index in [1.54, 1.807) is 11.3 Å². The largest absolute Gasteiger partial charge is 0.351 e. The van der Waals surface area contributed by atoms with Crippen molar-refractivity contribution in [1.82, 2.24) is 20.2 Å². The summed E-state index contributed by atoms with van der Waals surface area (Å²) in [6, 6.07) is 10.6. The average molecular weight is 457 g/mol. The molecule has 1 saturated heterocycles. The van der Waals surface area contributed by atoms with Crippen LogP contribution in [0, 0.1) is 13.8 Å². The van der Waals surface area contributed by atoms with Gasteiger partial charge in [-0.15, -0.1) is 23.1 Å². The molecular formula is C23H28N4O2S2. The van der Waals surface area contributed by atoms with E-state index in [0.29, 0.717) is 17.0 Å². The number of amides is 1. The van der Waals surface area contributed by atoms with E-state index in [2.05, 4.69) is 44.5 Å². The number of aryl methyl sites for hydroxylation is 2. The summed E-state index contributed by atoms with van der Waals surface area (Å²) in [6.45, 7) is 8.65. The molecule has 164 valence electrons. The second-order valence-electron chi connectivity index (χ2n) is 8.14. The highest BCUT2D eigenvalue weighted by atomic mass is 32.2. The Hall–Kier alpha value is -2.16. The molecule has 1 aromatic carbocycles. The first kappa shape index (κ1) is 22.0. The first-order chi connectivity index (χ1) is 14.9. The van der Waals surface area contributed by atoms with Gasteiger partial charge in [0.05, 0.1) is 16.4 Å². The van der Waals surface area contributed by atoms with Crippen LogP contribution in [0.2, 0.25) is 0 Å². The Morgan fingerprint density at radius 3 is 2.90 bits per heavy atom. The zero-order chi connectivity index (χ0) is 22.0. The Labute approximate surface area is 190 Å². The number of hydrogen-bond donors (Lipinski definition) is 2. The highest BCUT2D eigenvalue weighted by molar-refractivity contribution is 7.99. The van der Waals surface area contributed by atoms with Crippen molar-refractivity contribution in [1.29, 1.82) is 0 Å². The third kappa shape index (κ3) is 5.19. The first-order valence-electron chi connectivity index (χ1n) is 10.6. The van der Waals surface area contributed by atoms with Gasteiger partial charge in [0.2, 0.25) is 5.91 Å². The molecule has 6 nitrogen and oxygen atoms in total. The van der Waals surface area contributed by atoms with E-state index in [0.717, 1.165) is 41.3 Å². The van der Waals surface area contributed by atoms with Crippen LogP contribution in [-0.2, 0) is 17.1 Å². The van der Waals surface area contributed by atoms with E-state index >= 15 is 0 Å². The summed E-state index contributed by atoms with van der Waals surface area (Å²) in [5, 5.41) is 3.66. The van der Waals surface area contributed by atoms with Crippen molar-refractivity contribution in [3.8, 4) is 0 Å². The quantitative estimate of drug-likeness (QED) is 0.568. The van der Waals surface area contributed by atoms with Crippen LogP contribution in [0.1, 0.15) is 35.2 Å². The Morgan fingerprint density at radius 2 is 2.13 bits per heavy atom. The van der Waals surface area contributed by atoms with Gasteiger partial charge in [0, 0.05) is 30.6 Å². The van der Waals surface area contributed by atoms with Gasteiger partial charge in [-0.1, -0.05) is 30.3 Å². The molecule has 1 aliphatic rings. The predicted molar refractivity (Wildman–Crippen MR) is 129 cm³/mol. The van der Waals surface area contributed by atoms with Gasteiger partial charge < -0.3 is 10.3 Å². The van der Waals surface area contributed by atoms with Gasteiger partial charge >= 0.3 is 0 Å². The van der Waals surface area contributed by atoms with Crippen LogP contribution in [-0.4, -0.2) is 45.2 Å². The molecule has 0 aliphatic carbocycles. The summed E-state index contributed by atoms with van der Waals surface area (Å²) in [5.41, 5.74) is 2.20. The van der Waals surface area contributed by atoms with Gasteiger partial charge in [0.15, 0.2) is 0 Å². The van der Waals surface area contributed by atoms with E-state index < -0.39 is 0 Å². The van der Waals surface area contributed by atoms with Crippen LogP contribution in [0.3, 0.4) is 0 Å². The van der Waals surface area contributed by atoms with Gasteiger partial charge in [0.25, 0.3) is 5.56 Å². The fourth-order valence-electron chi connectivity index (χ4n) is 3.90. The Morgan fingerprint density at radius 1 is 1.35 bits per heavy atom. The zero-order valence-electron chi connectivity index (χ0n) is 18.1. The van der Waals surface area contributed by atoms with Crippen molar-refractivity contribution in [3.05, 3.63) is 62.5 Å². The molecule has 1 amide bonds. The van der Waals surface area contributed by atoms with Gasteiger partial charge in [-0.3, -0.25) is 14.5 Å². The van der Waals surface area contributed by atoms with Crippen molar-refractivity contribution < 1.29 is 4.79 Å².